The molecule has 0 aliphatic heterocycles. The number of ether oxygens (including phenoxy) is 1. The number of fused-ring (bicyclic) bond motifs is 1. The number of carbonyl (C=O) groups is 1. The molecule has 0 saturated heterocycles. The second-order valence-electron chi connectivity index (χ2n) is 4.58. The minimum Gasteiger partial charge on any atom is -0.463 e. The summed E-state index contributed by atoms with van der Waals surface area (Å²) in [6.45, 7) is 0.428. The molecule has 0 aliphatic carbocycles. The molecule has 0 atom stereocenters. The van der Waals surface area contributed by atoms with E-state index in [-0.39, 0.29) is 11.2 Å². The topological polar surface area (TPSA) is 61.4 Å². The van der Waals surface area contributed by atoms with E-state index in [0.717, 1.165) is 5.52 Å². The first-order valence-corrected chi connectivity index (χ1v) is 6.44. The standard InChI is InChI=1S/C16H13NO4/c1-20-16(19)15-7-6-11(21-15)10-17-9-8-14(18)12-4-2-3-5-13(12)17/h2-9H,10H2,1H3. The highest BCUT2D eigenvalue weighted by molar-refractivity contribution is 5.86. The molecule has 0 radical (unpaired) electrons. The van der Waals surface area contributed by atoms with Crippen LogP contribution in [0.1, 0.15) is 16.3 Å². The van der Waals surface area contributed by atoms with E-state index in [1.807, 2.05) is 22.8 Å². The predicted molar refractivity (Wildman–Crippen MR) is 77.4 cm³/mol. The Bertz CT molecular complexity index is 860. The predicted octanol–water partition coefficient (Wildman–Crippen LogP) is 2.43. The van der Waals surface area contributed by atoms with E-state index in [9.17, 15) is 9.59 Å². The molecule has 3 rings (SSSR count). The second kappa shape index (κ2) is 5.28. The van der Waals surface area contributed by atoms with Crippen molar-refractivity contribution in [3.63, 3.8) is 0 Å². The average molecular weight is 283 g/mol. The van der Waals surface area contributed by atoms with Crippen LogP contribution < -0.4 is 5.43 Å². The van der Waals surface area contributed by atoms with Gasteiger partial charge in [-0.05, 0) is 24.3 Å². The summed E-state index contributed by atoms with van der Waals surface area (Å²) in [4.78, 5) is 23.2. The number of esters is 1. The van der Waals surface area contributed by atoms with Gasteiger partial charge in [-0.3, -0.25) is 4.79 Å². The summed E-state index contributed by atoms with van der Waals surface area (Å²) in [7, 11) is 1.31. The third kappa shape index (κ3) is 2.45. The zero-order valence-electron chi connectivity index (χ0n) is 11.4. The number of methoxy groups -OCH3 is 1. The van der Waals surface area contributed by atoms with Crippen LogP contribution in [-0.4, -0.2) is 17.6 Å². The monoisotopic (exact) mass is 283 g/mol. The lowest BCUT2D eigenvalue weighted by Gasteiger charge is -2.08. The van der Waals surface area contributed by atoms with E-state index in [1.54, 1.807) is 24.4 Å². The largest absolute Gasteiger partial charge is 0.463 e. The Balaban J connectivity index is 1.99. The summed E-state index contributed by atoms with van der Waals surface area (Å²) in [5.41, 5.74) is 0.803. The molecule has 21 heavy (non-hydrogen) atoms. The Morgan fingerprint density at radius 1 is 1.19 bits per heavy atom. The van der Waals surface area contributed by atoms with Gasteiger partial charge >= 0.3 is 5.97 Å². The van der Waals surface area contributed by atoms with Crippen LogP contribution in [0.3, 0.4) is 0 Å². The smallest absolute Gasteiger partial charge is 0.373 e. The van der Waals surface area contributed by atoms with Crippen molar-refractivity contribution in [1.29, 1.82) is 0 Å². The van der Waals surface area contributed by atoms with Gasteiger partial charge in [0.1, 0.15) is 5.76 Å². The van der Waals surface area contributed by atoms with Gasteiger partial charge in [-0.25, -0.2) is 4.79 Å². The fourth-order valence-corrected chi connectivity index (χ4v) is 2.24. The van der Waals surface area contributed by atoms with Gasteiger partial charge in [0.25, 0.3) is 0 Å². The van der Waals surface area contributed by atoms with Crippen molar-refractivity contribution in [2.45, 2.75) is 6.54 Å². The van der Waals surface area contributed by atoms with Gasteiger partial charge in [0.15, 0.2) is 5.43 Å². The van der Waals surface area contributed by atoms with Crippen LogP contribution in [-0.2, 0) is 11.3 Å². The maximum Gasteiger partial charge on any atom is 0.373 e. The van der Waals surface area contributed by atoms with Crippen molar-refractivity contribution in [2.75, 3.05) is 7.11 Å². The fraction of sp³-hybridized carbons (Fsp3) is 0.125. The van der Waals surface area contributed by atoms with Crippen LogP contribution in [0.2, 0.25) is 0 Å². The van der Waals surface area contributed by atoms with Gasteiger partial charge in [0.05, 0.1) is 19.2 Å². The number of furan rings is 1. The molecule has 2 heterocycles. The van der Waals surface area contributed by atoms with E-state index >= 15 is 0 Å². The first-order valence-electron chi connectivity index (χ1n) is 6.44. The van der Waals surface area contributed by atoms with Gasteiger partial charge in [-0.1, -0.05) is 12.1 Å². The van der Waals surface area contributed by atoms with Gasteiger partial charge < -0.3 is 13.7 Å². The number of hydrogen-bond acceptors (Lipinski definition) is 4. The molecule has 0 fully saturated rings. The first kappa shape index (κ1) is 13.2. The normalized spacial score (nSPS) is 10.7. The van der Waals surface area contributed by atoms with E-state index in [4.69, 9.17) is 4.42 Å². The number of nitrogens with zero attached hydrogens (tertiary/aromatic N) is 1. The molecule has 0 N–H and O–H groups in total. The van der Waals surface area contributed by atoms with Crippen LogP contribution >= 0.6 is 0 Å². The third-order valence-electron chi connectivity index (χ3n) is 3.26. The van der Waals surface area contributed by atoms with E-state index in [1.165, 1.54) is 13.2 Å². The molecule has 0 amide bonds. The van der Waals surface area contributed by atoms with Crippen LogP contribution in [0.5, 0.6) is 0 Å². The molecule has 2 aromatic heterocycles. The molecule has 0 spiro atoms. The van der Waals surface area contributed by atoms with Crippen LogP contribution in [0.15, 0.2) is 57.9 Å². The van der Waals surface area contributed by atoms with Crippen LogP contribution in [0, 0.1) is 0 Å². The number of hydrogen-bond donors (Lipinski definition) is 0. The Morgan fingerprint density at radius 3 is 2.81 bits per heavy atom. The molecule has 5 heteroatoms. The van der Waals surface area contributed by atoms with Crippen molar-refractivity contribution < 1.29 is 13.9 Å². The Morgan fingerprint density at radius 2 is 2.00 bits per heavy atom. The van der Waals surface area contributed by atoms with Crippen LogP contribution in [0.4, 0.5) is 0 Å². The van der Waals surface area contributed by atoms with E-state index in [0.29, 0.717) is 17.7 Å². The van der Waals surface area contributed by atoms with Crippen molar-refractivity contribution >= 4 is 16.9 Å². The number of rotatable bonds is 3. The summed E-state index contributed by atoms with van der Waals surface area (Å²) in [6, 6.07) is 12.2. The van der Waals surface area contributed by atoms with Crippen LogP contribution in [0.25, 0.3) is 10.9 Å². The van der Waals surface area contributed by atoms with Gasteiger partial charge in [-0.15, -0.1) is 0 Å². The fourth-order valence-electron chi connectivity index (χ4n) is 2.24. The molecule has 5 nitrogen and oxygen atoms in total. The Hall–Kier alpha value is -2.82. The number of para-hydroxylation sites is 1. The van der Waals surface area contributed by atoms with Crippen molar-refractivity contribution in [3.8, 4) is 0 Å². The molecule has 0 unspecified atom stereocenters. The van der Waals surface area contributed by atoms with Gasteiger partial charge in [0.2, 0.25) is 5.76 Å². The van der Waals surface area contributed by atoms with E-state index in [2.05, 4.69) is 4.74 Å². The number of carbonyl (C=O) groups excluding carboxylic acids is 1. The molecule has 0 bridgehead atoms. The number of pyridine rings is 1. The number of aromatic nitrogens is 1. The molecular weight excluding hydrogens is 270 g/mol. The van der Waals surface area contributed by atoms with Crippen molar-refractivity contribution in [2.24, 2.45) is 0 Å². The lowest BCUT2D eigenvalue weighted by molar-refractivity contribution is 0.0563. The van der Waals surface area contributed by atoms with Crippen molar-refractivity contribution in [1.82, 2.24) is 4.57 Å². The minimum atomic E-state index is -0.508. The summed E-state index contributed by atoms with van der Waals surface area (Å²) >= 11 is 0. The Kier molecular flexibility index (Phi) is 3.31. The van der Waals surface area contributed by atoms with Gasteiger partial charge in [-0.2, -0.15) is 0 Å². The number of benzene rings is 1. The maximum atomic E-state index is 11.8. The molecule has 1 aromatic carbocycles. The highest BCUT2D eigenvalue weighted by atomic mass is 16.5. The molecule has 106 valence electrons. The quantitative estimate of drug-likeness (QED) is 0.693. The summed E-state index contributed by atoms with van der Waals surface area (Å²) in [5, 5.41) is 0.653. The minimum absolute atomic E-state index is 0.0171. The second-order valence-corrected chi connectivity index (χ2v) is 4.58. The van der Waals surface area contributed by atoms with Crippen molar-refractivity contribution in [3.05, 3.63) is 70.4 Å². The summed E-state index contributed by atoms with van der Waals surface area (Å²) in [6.07, 6.45) is 1.71. The first-order chi connectivity index (χ1) is 10.2. The Labute approximate surface area is 120 Å². The molecule has 3 aromatic rings. The average Bonchev–Trinajstić information content (AvgIpc) is 2.98. The van der Waals surface area contributed by atoms with E-state index < -0.39 is 5.97 Å². The summed E-state index contributed by atoms with van der Waals surface area (Å²) in [5.74, 6) is 0.271. The highest BCUT2D eigenvalue weighted by Crippen LogP contribution is 2.14. The molecule has 0 aliphatic rings. The lowest BCUT2D eigenvalue weighted by Crippen LogP contribution is -2.08. The maximum absolute atomic E-state index is 11.8. The SMILES string of the molecule is COC(=O)c1ccc(Cn2ccc(=O)c3ccccc32)o1. The highest BCUT2D eigenvalue weighted by Gasteiger charge is 2.11. The zero-order valence-corrected chi connectivity index (χ0v) is 11.4. The third-order valence-corrected chi connectivity index (χ3v) is 3.26. The summed E-state index contributed by atoms with van der Waals surface area (Å²) < 4.78 is 12.0. The lowest BCUT2D eigenvalue weighted by atomic mass is 10.2. The van der Waals surface area contributed by atoms with Gasteiger partial charge in [0, 0.05) is 17.6 Å². The molecular formula is C16H13NO4. The molecule has 0 saturated carbocycles. The zero-order chi connectivity index (χ0) is 14.8.